The number of methoxy groups -OCH3 is 1. The van der Waals surface area contributed by atoms with Crippen molar-refractivity contribution >= 4 is 29.3 Å². The third-order valence-corrected chi connectivity index (χ3v) is 6.09. The molecule has 1 aromatic rings. The van der Waals surface area contributed by atoms with Crippen LogP contribution in [-0.2, 0) is 0 Å². The molecule has 3 rings (SSSR count). The number of rotatable bonds is 6. The molecule has 142 valence electrons. The first-order valence-electron chi connectivity index (χ1n) is 9.34. The molecule has 2 aliphatic rings. The molecule has 5 nitrogen and oxygen atoms in total. The lowest BCUT2D eigenvalue weighted by atomic mass is 9.90. The summed E-state index contributed by atoms with van der Waals surface area (Å²) in [5.41, 5.74) is 7.84. The number of benzene rings is 1. The lowest BCUT2D eigenvalue weighted by Gasteiger charge is -2.32. The third-order valence-electron chi connectivity index (χ3n) is 5.78. The van der Waals surface area contributed by atoms with E-state index in [4.69, 9.17) is 22.1 Å². The van der Waals surface area contributed by atoms with Gasteiger partial charge in [-0.05, 0) is 58.2 Å². The highest BCUT2D eigenvalue weighted by atomic mass is 35.5. The van der Waals surface area contributed by atoms with Crippen molar-refractivity contribution in [1.29, 1.82) is 0 Å². The smallest absolute Gasteiger partial charge is 0.255 e. The van der Waals surface area contributed by atoms with E-state index in [0.717, 1.165) is 6.42 Å². The summed E-state index contributed by atoms with van der Waals surface area (Å²) in [4.78, 5) is 15.4. The molecule has 2 aliphatic heterocycles. The Balaban J connectivity index is 1.73. The first-order valence-corrected chi connectivity index (χ1v) is 9.72. The van der Waals surface area contributed by atoms with Crippen LogP contribution in [0.2, 0.25) is 5.02 Å². The van der Waals surface area contributed by atoms with Crippen molar-refractivity contribution in [3.63, 3.8) is 0 Å². The third kappa shape index (κ3) is 3.42. The molecule has 0 aliphatic carbocycles. The number of hydrogen-bond donors (Lipinski definition) is 2. The number of nitrogens with one attached hydrogen (secondary N) is 1. The van der Waals surface area contributed by atoms with Gasteiger partial charge in [-0.1, -0.05) is 23.8 Å². The van der Waals surface area contributed by atoms with Gasteiger partial charge in [0.15, 0.2) is 0 Å². The van der Waals surface area contributed by atoms with Crippen molar-refractivity contribution in [2.45, 2.75) is 44.6 Å². The largest absolute Gasteiger partial charge is 0.495 e. The van der Waals surface area contributed by atoms with E-state index in [9.17, 15) is 4.79 Å². The number of anilines is 1. The number of allylic oxidation sites excluding steroid dienone is 1. The number of fused-ring (bicyclic) bond motifs is 1. The summed E-state index contributed by atoms with van der Waals surface area (Å²) < 4.78 is 5.47. The minimum atomic E-state index is -0.173. The monoisotopic (exact) mass is 377 g/mol. The van der Waals surface area contributed by atoms with E-state index in [1.54, 1.807) is 13.2 Å². The molecule has 0 saturated carbocycles. The number of carbonyl (C=O) groups excluding carboxylic acids is 1. The molecule has 3 N–H and O–H groups in total. The Labute approximate surface area is 160 Å². The van der Waals surface area contributed by atoms with E-state index in [1.165, 1.54) is 38.8 Å². The summed E-state index contributed by atoms with van der Waals surface area (Å²) >= 11 is 6.24. The van der Waals surface area contributed by atoms with Crippen LogP contribution in [0.15, 0.2) is 12.1 Å². The Morgan fingerprint density at radius 3 is 2.73 bits per heavy atom. The lowest BCUT2D eigenvalue weighted by Crippen LogP contribution is -2.41. The summed E-state index contributed by atoms with van der Waals surface area (Å²) in [5, 5.41) is 3.42. The summed E-state index contributed by atoms with van der Waals surface area (Å²) in [6, 6.07) is 1.59. The van der Waals surface area contributed by atoms with Gasteiger partial charge in [0.2, 0.25) is 0 Å². The second kappa shape index (κ2) is 7.89. The SMILES string of the molecule is CC=Cc1c(N)c(Cl)cc(C(=O)NCCC23CCCN2CCC3)c1OC. The fourth-order valence-corrected chi connectivity index (χ4v) is 4.74. The van der Waals surface area contributed by atoms with Gasteiger partial charge in [-0.25, -0.2) is 0 Å². The molecule has 1 aromatic carbocycles. The van der Waals surface area contributed by atoms with E-state index >= 15 is 0 Å². The van der Waals surface area contributed by atoms with Gasteiger partial charge in [0.25, 0.3) is 5.91 Å². The molecular weight excluding hydrogens is 350 g/mol. The van der Waals surface area contributed by atoms with Gasteiger partial charge in [0.05, 0.1) is 23.4 Å². The van der Waals surface area contributed by atoms with Gasteiger partial charge in [-0.15, -0.1) is 0 Å². The molecule has 0 unspecified atom stereocenters. The summed E-state index contributed by atoms with van der Waals surface area (Å²) in [7, 11) is 1.54. The first kappa shape index (κ1) is 19.1. The predicted molar refractivity (Wildman–Crippen MR) is 107 cm³/mol. The van der Waals surface area contributed by atoms with Crippen LogP contribution in [0.1, 0.15) is 54.9 Å². The number of nitrogens with two attached hydrogens (primary N) is 1. The predicted octanol–water partition coefficient (Wildman–Crippen LogP) is 3.71. The van der Waals surface area contributed by atoms with Crippen molar-refractivity contribution in [3.8, 4) is 5.75 Å². The molecule has 26 heavy (non-hydrogen) atoms. The van der Waals surface area contributed by atoms with Crippen LogP contribution in [0.4, 0.5) is 5.69 Å². The number of carbonyl (C=O) groups is 1. The molecule has 0 aromatic heterocycles. The zero-order chi connectivity index (χ0) is 18.7. The normalized spacial score (nSPS) is 19.0. The van der Waals surface area contributed by atoms with Crippen LogP contribution in [-0.4, -0.2) is 43.1 Å². The molecule has 6 heteroatoms. The minimum Gasteiger partial charge on any atom is -0.495 e. The average molecular weight is 378 g/mol. The molecule has 0 atom stereocenters. The molecule has 2 fully saturated rings. The van der Waals surface area contributed by atoms with Crippen LogP contribution in [0.3, 0.4) is 0 Å². The molecule has 0 bridgehead atoms. The van der Waals surface area contributed by atoms with E-state index in [0.29, 0.717) is 39.7 Å². The molecule has 2 saturated heterocycles. The molecule has 0 spiro atoms. The number of nitrogens with zero attached hydrogens (tertiary/aromatic N) is 1. The second-order valence-corrected chi connectivity index (χ2v) is 7.60. The average Bonchev–Trinajstić information content (AvgIpc) is 3.18. The molecular formula is C20H28ClN3O2. The Bertz CT molecular complexity index is 707. The number of amides is 1. The topological polar surface area (TPSA) is 67.6 Å². The van der Waals surface area contributed by atoms with E-state index < -0.39 is 0 Å². The van der Waals surface area contributed by atoms with Crippen molar-refractivity contribution in [3.05, 3.63) is 28.3 Å². The number of halogens is 1. The summed E-state index contributed by atoms with van der Waals surface area (Å²) in [6.07, 6.45) is 9.66. The van der Waals surface area contributed by atoms with Crippen molar-refractivity contribution in [1.82, 2.24) is 10.2 Å². The van der Waals surface area contributed by atoms with Crippen molar-refractivity contribution in [2.24, 2.45) is 0 Å². The van der Waals surface area contributed by atoms with Gasteiger partial charge in [0.1, 0.15) is 5.75 Å². The van der Waals surface area contributed by atoms with Crippen molar-refractivity contribution in [2.75, 3.05) is 32.5 Å². The Morgan fingerprint density at radius 1 is 1.42 bits per heavy atom. The zero-order valence-electron chi connectivity index (χ0n) is 15.6. The van der Waals surface area contributed by atoms with E-state index in [2.05, 4.69) is 10.2 Å². The van der Waals surface area contributed by atoms with Crippen LogP contribution >= 0.6 is 11.6 Å². The summed E-state index contributed by atoms with van der Waals surface area (Å²) in [5.74, 6) is 0.289. The number of ether oxygens (including phenoxy) is 1. The van der Waals surface area contributed by atoms with Gasteiger partial charge in [0, 0.05) is 17.6 Å². The maximum Gasteiger partial charge on any atom is 0.255 e. The van der Waals surface area contributed by atoms with Crippen molar-refractivity contribution < 1.29 is 9.53 Å². The maximum absolute atomic E-state index is 12.8. The molecule has 2 heterocycles. The quantitative estimate of drug-likeness (QED) is 0.741. The number of nitrogen functional groups attached to an aromatic ring is 1. The highest BCUT2D eigenvalue weighted by Crippen LogP contribution is 2.41. The summed E-state index contributed by atoms with van der Waals surface area (Å²) in [6.45, 7) is 4.93. The maximum atomic E-state index is 12.8. The fourth-order valence-electron chi connectivity index (χ4n) is 4.52. The van der Waals surface area contributed by atoms with Crippen LogP contribution in [0, 0.1) is 0 Å². The molecule has 1 amide bonds. The highest BCUT2D eigenvalue weighted by molar-refractivity contribution is 6.34. The van der Waals surface area contributed by atoms with Gasteiger partial charge in [-0.3, -0.25) is 9.69 Å². The first-order chi connectivity index (χ1) is 12.5. The van der Waals surface area contributed by atoms with Gasteiger partial charge in [-0.2, -0.15) is 0 Å². The van der Waals surface area contributed by atoms with Crippen LogP contribution in [0.5, 0.6) is 5.75 Å². The van der Waals surface area contributed by atoms with Crippen LogP contribution < -0.4 is 15.8 Å². The minimum absolute atomic E-state index is 0.173. The standard InChI is InChI=1S/C20H28ClN3O2/c1-3-6-14-17(22)16(21)13-15(18(14)26-2)19(25)23-10-9-20-7-4-11-24(20)12-5-8-20/h3,6,13H,4-5,7-12,22H2,1-2H3,(H,23,25). The Kier molecular flexibility index (Phi) is 5.78. The molecule has 0 radical (unpaired) electrons. The highest BCUT2D eigenvalue weighted by Gasteiger charge is 2.43. The Morgan fingerprint density at radius 2 is 2.12 bits per heavy atom. The number of hydrogen-bond acceptors (Lipinski definition) is 4. The zero-order valence-corrected chi connectivity index (χ0v) is 16.4. The van der Waals surface area contributed by atoms with E-state index in [1.807, 2.05) is 19.1 Å². The van der Waals surface area contributed by atoms with Gasteiger partial charge < -0.3 is 15.8 Å². The Hall–Kier alpha value is -1.72. The lowest BCUT2D eigenvalue weighted by molar-refractivity contribution is 0.0940. The van der Waals surface area contributed by atoms with E-state index in [-0.39, 0.29) is 5.91 Å². The second-order valence-electron chi connectivity index (χ2n) is 7.19. The van der Waals surface area contributed by atoms with Gasteiger partial charge >= 0.3 is 0 Å². The fraction of sp³-hybridized carbons (Fsp3) is 0.550. The van der Waals surface area contributed by atoms with Crippen LogP contribution in [0.25, 0.3) is 6.08 Å².